The number of nitrogens with zero attached hydrogens (tertiary/aromatic N) is 1. The topological polar surface area (TPSA) is 68.3 Å². The van der Waals surface area contributed by atoms with Crippen LogP contribution in [0.25, 0.3) is 0 Å². The molecule has 0 aromatic carbocycles. The van der Waals surface area contributed by atoms with Gasteiger partial charge in [0.1, 0.15) is 5.15 Å². The van der Waals surface area contributed by atoms with Crippen LogP contribution in [0.15, 0.2) is 23.2 Å². The summed E-state index contributed by atoms with van der Waals surface area (Å²) in [7, 11) is -3.52. The summed E-state index contributed by atoms with van der Waals surface area (Å²) in [6.45, 7) is 0.996. The van der Waals surface area contributed by atoms with E-state index in [0.717, 1.165) is 12.8 Å². The normalized spacial score (nSPS) is 20.6. The van der Waals surface area contributed by atoms with E-state index < -0.39 is 10.0 Å². The Balaban J connectivity index is 2.03. The Bertz CT molecular complexity index is 486. The average molecular weight is 277 g/mol. The van der Waals surface area contributed by atoms with Gasteiger partial charge < -0.3 is 4.74 Å². The van der Waals surface area contributed by atoms with Gasteiger partial charge in [0, 0.05) is 19.3 Å². The second kappa shape index (κ2) is 5.30. The van der Waals surface area contributed by atoms with Crippen LogP contribution in [0.4, 0.5) is 0 Å². The quantitative estimate of drug-likeness (QED) is 0.839. The molecular weight excluding hydrogens is 264 g/mol. The molecule has 1 atom stereocenters. The maximum Gasteiger partial charge on any atom is 0.240 e. The number of halogens is 1. The van der Waals surface area contributed by atoms with Crippen molar-refractivity contribution in [2.45, 2.75) is 23.8 Å². The second-order valence-corrected chi connectivity index (χ2v) is 5.96. The van der Waals surface area contributed by atoms with Crippen molar-refractivity contribution in [2.75, 3.05) is 13.2 Å². The zero-order valence-corrected chi connectivity index (χ0v) is 10.7. The molecule has 7 heteroatoms. The molecule has 1 N–H and O–H groups in total. The molecule has 0 aliphatic carbocycles. The number of hydrogen-bond donors (Lipinski definition) is 1. The first kappa shape index (κ1) is 12.8. The molecule has 1 aliphatic rings. The van der Waals surface area contributed by atoms with E-state index in [1.807, 2.05) is 0 Å². The number of pyridine rings is 1. The Labute approximate surface area is 105 Å². The van der Waals surface area contributed by atoms with Gasteiger partial charge in [0.15, 0.2) is 0 Å². The van der Waals surface area contributed by atoms with E-state index in [0.29, 0.717) is 13.2 Å². The highest BCUT2D eigenvalue weighted by Gasteiger charge is 2.20. The summed E-state index contributed by atoms with van der Waals surface area (Å²) in [5.74, 6) is 0. The maximum atomic E-state index is 11.9. The van der Waals surface area contributed by atoms with Crippen LogP contribution in [0.1, 0.15) is 12.8 Å². The lowest BCUT2D eigenvalue weighted by Crippen LogP contribution is -2.31. The summed E-state index contributed by atoms with van der Waals surface area (Å²) >= 11 is 5.65. The first-order valence-corrected chi connectivity index (χ1v) is 7.17. The molecule has 1 aromatic rings. The van der Waals surface area contributed by atoms with Crippen LogP contribution in [0.5, 0.6) is 0 Å². The van der Waals surface area contributed by atoms with Crippen molar-refractivity contribution in [3.63, 3.8) is 0 Å². The first-order chi connectivity index (χ1) is 8.08. The fraction of sp³-hybridized carbons (Fsp3) is 0.500. The molecule has 0 saturated carbocycles. The standard InChI is InChI=1S/C10H13ClN2O3S/c11-10-6-9(3-4-12-10)17(14,15)13-7-8-2-1-5-16-8/h3-4,6,8,13H,1-2,5,7H2. The Hall–Kier alpha value is -0.690. The van der Waals surface area contributed by atoms with Crippen LogP contribution in [-0.4, -0.2) is 32.7 Å². The highest BCUT2D eigenvalue weighted by molar-refractivity contribution is 7.89. The monoisotopic (exact) mass is 276 g/mol. The van der Waals surface area contributed by atoms with E-state index in [4.69, 9.17) is 16.3 Å². The number of hydrogen-bond acceptors (Lipinski definition) is 4. The molecule has 2 heterocycles. The van der Waals surface area contributed by atoms with Gasteiger partial charge >= 0.3 is 0 Å². The van der Waals surface area contributed by atoms with Crippen LogP contribution in [0.2, 0.25) is 5.15 Å². The zero-order valence-electron chi connectivity index (χ0n) is 9.10. The third-order valence-corrected chi connectivity index (χ3v) is 4.16. The van der Waals surface area contributed by atoms with Gasteiger partial charge in [-0.25, -0.2) is 18.1 Å². The summed E-state index contributed by atoms with van der Waals surface area (Å²) in [5, 5.41) is 0.157. The van der Waals surface area contributed by atoms with Gasteiger partial charge in [-0.05, 0) is 25.0 Å². The highest BCUT2D eigenvalue weighted by atomic mass is 35.5. The molecule has 0 spiro atoms. The van der Waals surface area contributed by atoms with Crippen molar-refractivity contribution in [3.05, 3.63) is 23.5 Å². The van der Waals surface area contributed by atoms with E-state index in [9.17, 15) is 8.42 Å². The van der Waals surface area contributed by atoms with E-state index >= 15 is 0 Å². The van der Waals surface area contributed by atoms with E-state index in [1.54, 1.807) is 0 Å². The van der Waals surface area contributed by atoms with Crippen LogP contribution in [0.3, 0.4) is 0 Å². The second-order valence-electron chi connectivity index (χ2n) is 3.80. The molecule has 0 bridgehead atoms. The Morgan fingerprint density at radius 2 is 2.41 bits per heavy atom. The Morgan fingerprint density at radius 3 is 3.06 bits per heavy atom. The first-order valence-electron chi connectivity index (χ1n) is 5.31. The molecule has 5 nitrogen and oxygen atoms in total. The van der Waals surface area contributed by atoms with Gasteiger partial charge in [0.2, 0.25) is 10.0 Å². The molecule has 17 heavy (non-hydrogen) atoms. The molecule has 1 aromatic heterocycles. The number of rotatable bonds is 4. The minimum Gasteiger partial charge on any atom is -0.377 e. The predicted octanol–water partition coefficient (Wildman–Crippen LogP) is 1.19. The number of aromatic nitrogens is 1. The third-order valence-electron chi connectivity index (χ3n) is 2.53. The summed E-state index contributed by atoms with van der Waals surface area (Å²) < 4.78 is 31.6. The summed E-state index contributed by atoms with van der Waals surface area (Å²) in [4.78, 5) is 3.86. The minimum atomic E-state index is -3.52. The molecule has 1 unspecified atom stereocenters. The maximum absolute atomic E-state index is 11.9. The fourth-order valence-electron chi connectivity index (χ4n) is 1.64. The zero-order chi connectivity index (χ0) is 12.3. The largest absolute Gasteiger partial charge is 0.377 e. The van der Waals surface area contributed by atoms with Crippen LogP contribution in [0, 0.1) is 0 Å². The van der Waals surface area contributed by atoms with Crippen molar-refractivity contribution in [1.29, 1.82) is 0 Å². The van der Waals surface area contributed by atoms with E-state index in [2.05, 4.69) is 9.71 Å². The molecule has 0 radical (unpaired) electrons. The van der Waals surface area contributed by atoms with Gasteiger partial charge in [-0.15, -0.1) is 0 Å². The van der Waals surface area contributed by atoms with Crippen molar-refractivity contribution in [1.82, 2.24) is 9.71 Å². The molecule has 0 amide bonds. The van der Waals surface area contributed by atoms with Crippen molar-refractivity contribution < 1.29 is 13.2 Å². The van der Waals surface area contributed by atoms with Crippen molar-refractivity contribution >= 4 is 21.6 Å². The fourth-order valence-corrected chi connectivity index (χ4v) is 2.96. The molecule has 1 saturated heterocycles. The lowest BCUT2D eigenvalue weighted by atomic mass is 10.2. The van der Waals surface area contributed by atoms with Crippen LogP contribution in [-0.2, 0) is 14.8 Å². The van der Waals surface area contributed by atoms with Gasteiger partial charge in [0.05, 0.1) is 11.0 Å². The van der Waals surface area contributed by atoms with E-state index in [-0.39, 0.29) is 16.2 Å². The number of nitrogens with one attached hydrogen (secondary N) is 1. The van der Waals surface area contributed by atoms with E-state index in [1.165, 1.54) is 18.3 Å². The molecule has 1 fully saturated rings. The van der Waals surface area contributed by atoms with Crippen molar-refractivity contribution in [3.8, 4) is 0 Å². The SMILES string of the molecule is O=S(=O)(NCC1CCCO1)c1ccnc(Cl)c1. The van der Waals surface area contributed by atoms with Crippen molar-refractivity contribution in [2.24, 2.45) is 0 Å². The molecule has 2 rings (SSSR count). The van der Waals surface area contributed by atoms with Gasteiger partial charge in [0.25, 0.3) is 0 Å². The Kier molecular flexibility index (Phi) is 3.98. The molecule has 1 aliphatic heterocycles. The lowest BCUT2D eigenvalue weighted by Gasteiger charge is -2.11. The highest BCUT2D eigenvalue weighted by Crippen LogP contribution is 2.14. The smallest absolute Gasteiger partial charge is 0.240 e. The minimum absolute atomic E-state index is 0.0258. The van der Waals surface area contributed by atoms with Gasteiger partial charge in [-0.3, -0.25) is 0 Å². The summed E-state index contributed by atoms with van der Waals surface area (Å²) in [6.07, 6.45) is 3.21. The molecule has 94 valence electrons. The van der Waals surface area contributed by atoms with Gasteiger partial charge in [-0.2, -0.15) is 0 Å². The third kappa shape index (κ3) is 3.38. The molecular formula is C10H13ClN2O3S. The average Bonchev–Trinajstić information content (AvgIpc) is 2.79. The summed E-state index contributed by atoms with van der Waals surface area (Å²) in [5.41, 5.74) is 0. The predicted molar refractivity (Wildman–Crippen MR) is 63.4 cm³/mol. The number of ether oxygens (including phenoxy) is 1. The Morgan fingerprint density at radius 1 is 1.59 bits per heavy atom. The lowest BCUT2D eigenvalue weighted by molar-refractivity contribution is 0.114. The summed E-state index contributed by atoms with van der Waals surface area (Å²) in [6, 6.07) is 2.73. The van der Waals surface area contributed by atoms with Crippen LogP contribution < -0.4 is 4.72 Å². The van der Waals surface area contributed by atoms with Gasteiger partial charge in [-0.1, -0.05) is 11.6 Å². The van der Waals surface area contributed by atoms with Crippen LogP contribution >= 0.6 is 11.6 Å². The number of sulfonamides is 1.